The van der Waals surface area contributed by atoms with Crippen molar-refractivity contribution in [3.8, 4) is 0 Å². The molecule has 1 N–H and O–H groups in total. The molecule has 2 aromatic carbocycles. The SMILES string of the molecule is CCc1ccc(Nc2nnc(S[C@H](C)C(=O)c3ccc(Cl)cc3)s2)cc1. The number of hydrogen-bond acceptors (Lipinski definition) is 6. The number of carbonyl (C=O) groups is 1. The van der Waals surface area contributed by atoms with Crippen LogP contribution in [0.15, 0.2) is 52.9 Å². The first-order valence-electron chi connectivity index (χ1n) is 8.21. The Balaban J connectivity index is 1.61. The number of rotatable bonds is 7. The molecule has 0 aliphatic heterocycles. The highest BCUT2D eigenvalue weighted by atomic mass is 35.5. The summed E-state index contributed by atoms with van der Waals surface area (Å²) in [7, 11) is 0. The lowest BCUT2D eigenvalue weighted by Gasteiger charge is -2.07. The summed E-state index contributed by atoms with van der Waals surface area (Å²) in [5, 5.41) is 12.7. The Morgan fingerprint density at radius 1 is 1.15 bits per heavy atom. The third-order valence-corrected chi connectivity index (χ3v) is 6.07. The van der Waals surface area contributed by atoms with Crippen LogP contribution in [0.25, 0.3) is 0 Å². The summed E-state index contributed by atoms with van der Waals surface area (Å²) in [6, 6.07) is 15.2. The number of anilines is 2. The van der Waals surface area contributed by atoms with Gasteiger partial charge in [0.2, 0.25) is 5.13 Å². The van der Waals surface area contributed by atoms with Crippen LogP contribution in [0.5, 0.6) is 0 Å². The summed E-state index contributed by atoms with van der Waals surface area (Å²) in [6.45, 7) is 4.00. The number of nitrogens with zero attached hydrogens (tertiary/aromatic N) is 2. The Bertz CT molecular complexity index is 879. The minimum atomic E-state index is -0.249. The van der Waals surface area contributed by atoms with Gasteiger partial charge in [-0.15, -0.1) is 10.2 Å². The van der Waals surface area contributed by atoms with Gasteiger partial charge in [-0.2, -0.15) is 0 Å². The minimum Gasteiger partial charge on any atom is -0.330 e. The minimum absolute atomic E-state index is 0.0477. The summed E-state index contributed by atoms with van der Waals surface area (Å²) in [4.78, 5) is 12.5. The molecular weight excluding hydrogens is 386 g/mol. The molecule has 0 saturated heterocycles. The van der Waals surface area contributed by atoms with E-state index in [1.54, 1.807) is 24.3 Å². The lowest BCUT2D eigenvalue weighted by molar-refractivity contribution is 0.0994. The molecule has 26 heavy (non-hydrogen) atoms. The second-order valence-electron chi connectivity index (χ2n) is 5.68. The van der Waals surface area contributed by atoms with Crippen LogP contribution in [0.3, 0.4) is 0 Å². The molecule has 1 heterocycles. The Hall–Kier alpha value is -1.89. The van der Waals surface area contributed by atoms with Crippen LogP contribution in [0.4, 0.5) is 10.8 Å². The van der Waals surface area contributed by atoms with Gasteiger partial charge >= 0.3 is 0 Å². The van der Waals surface area contributed by atoms with Crippen molar-refractivity contribution in [1.82, 2.24) is 10.2 Å². The zero-order valence-corrected chi connectivity index (χ0v) is 16.8. The van der Waals surface area contributed by atoms with E-state index in [1.165, 1.54) is 28.7 Å². The molecule has 3 rings (SSSR count). The Kier molecular flexibility index (Phi) is 6.29. The molecule has 1 aromatic heterocycles. The maximum Gasteiger partial charge on any atom is 0.210 e. The second kappa shape index (κ2) is 8.66. The molecule has 0 bridgehead atoms. The van der Waals surface area contributed by atoms with E-state index in [2.05, 4.69) is 34.6 Å². The standard InChI is InChI=1S/C19H18ClN3OS2/c1-3-13-4-10-16(11-5-13)21-18-22-23-19(26-18)25-12(2)17(24)14-6-8-15(20)9-7-14/h4-12H,3H2,1-2H3,(H,21,22)/t12-/m1/s1. The Morgan fingerprint density at radius 2 is 1.85 bits per heavy atom. The molecule has 0 saturated carbocycles. The van der Waals surface area contributed by atoms with Crippen molar-refractivity contribution in [2.45, 2.75) is 29.9 Å². The van der Waals surface area contributed by atoms with E-state index >= 15 is 0 Å². The first-order chi connectivity index (χ1) is 12.5. The fourth-order valence-electron chi connectivity index (χ4n) is 2.31. The van der Waals surface area contributed by atoms with Crippen LogP contribution in [-0.4, -0.2) is 21.2 Å². The number of ketones is 1. The van der Waals surface area contributed by atoms with E-state index < -0.39 is 0 Å². The van der Waals surface area contributed by atoms with Crippen molar-refractivity contribution in [3.05, 3.63) is 64.7 Å². The average molecular weight is 404 g/mol. The Morgan fingerprint density at radius 3 is 2.50 bits per heavy atom. The van der Waals surface area contributed by atoms with E-state index in [4.69, 9.17) is 11.6 Å². The van der Waals surface area contributed by atoms with Crippen molar-refractivity contribution in [3.63, 3.8) is 0 Å². The maximum absolute atomic E-state index is 12.5. The van der Waals surface area contributed by atoms with Gasteiger partial charge in [0.15, 0.2) is 10.1 Å². The van der Waals surface area contributed by atoms with E-state index in [-0.39, 0.29) is 11.0 Å². The fourth-order valence-corrected chi connectivity index (χ4v) is 4.43. The van der Waals surface area contributed by atoms with Gasteiger partial charge in [-0.3, -0.25) is 4.79 Å². The topological polar surface area (TPSA) is 54.9 Å². The number of Topliss-reactive ketones (excluding diaryl/α,β-unsaturated/α-hetero) is 1. The summed E-state index contributed by atoms with van der Waals surface area (Å²) < 4.78 is 0.757. The third-order valence-electron chi connectivity index (χ3n) is 3.80. The summed E-state index contributed by atoms with van der Waals surface area (Å²) in [6.07, 6.45) is 1.01. The number of hydrogen-bond donors (Lipinski definition) is 1. The van der Waals surface area contributed by atoms with E-state index in [0.717, 1.165) is 16.4 Å². The summed E-state index contributed by atoms with van der Waals surface area (Å²) in [5.74, 6) is 0.0477. The number of nitrogens with one attached hydrogen (secondary N) is 1. The van der Waals surface area contributed by atoms with Gasteiger partial charge < -0.3 is 5.32 Å². The monoisotopic (exact) mass is 403 g/mol. The van der Waals surface area contributed by atoms with Crippen LogP contribution in [0.1, 0.15) is 29.8 Å². The predicted octanol–water partition coefficient (Wildman–Crippen LogP) is 5.86. The van der Waals surface area contributed by atoms with Crippen molar-refractivity contribution in [1.29, 1.82) is 0 Å². The predicted molar refractivity (Wildman–Crippen MR) is 110 cm³/mol. The first-order valence-corrected chi connectivity index (χ1v) is 10.3. The second-order valence-corrected chi connectivity index (χ2v) is 8.68. The number of aryl methyl sites for hydroxylation is 1. The summed E-state index contributed by atoms with van der Waals surface area (Å²) in [5.41, 5.74) is 2.91. The van der Waals surface area contributed by atoms with Gasteiger partial charge in [0.25, 0.3) is 0 Å². The average Bonchev–Trinajstić information content (AvgIpc) is 3.09. The molecule has 3 aromatic rings. The zero-order chi connectivity index (χ0) is 18.5. The molecule has 0 aliphatic carbocycles. The van der Waals surface area contributed by atoms with Gasteiger partial charge in [0.05, 0.1) is 5.25 Å². The molecule has 0 radical (unpaired) electrons. The first kappa shape index (κ1) is 18.9. The molecule has 4 nitrogen and oxygen atoms in total. The molecule has 0 spiro atoms. The molecule has 1 atom stereocenters. The van der Waals surface area contributed by atoms with Crippen LogP contribution >= 0.6 is 34.7 Å². The molecular formula is C19H18ClN3OS2. The number of benzene rings is 2. The number of aromatic nitrogens is 2. The largest absolute Gasteiger partial charge is 0.330 e. The van der Waals surface area contributed by atoms with Gasteiger partial charge in [-0.25, -0.2) is 0 Å². The molecule has 0 aliphatic rings. The molecule has 134 valence electrons. The third kappa shape index (κ3) is 4.84. The highest BCUT2D eigenvalue weighted by Crippen LogP contribution is 2.31. The van der Waals surface area contributed by atoms with Gasteiger partial charge in [0, 0.05) is 16.3 Å². The number of thioether (sulfide) groups is 1. The lowest BCUT2D eigenvalue weighted by Crippen LogP contribution is -2.13. The van der Waals surface area contributed by atoms with Crippen molar-refractivity contribution < 1.29 is 4.79 Å². The molecule has 0 amide bonds. The normalized spacial score (nSPS) is 12.0. The van der Waals surface area contributed by atoms with Crippen molar-refractivity contribution in [2.75, 3.05) is 5.32 Å². The van der Waals surface area contributed by atoms with Crippen molar-refractivity contribution in [2.24, 2.45) is 0 Å². The quantitative estimate of drug-likeness (QED) is 0.395. The zero-order valence-electron chi connectivity index (χ0n) is 14.4. The highest BCUT2D eigenvalue weighted by molar-refractivity contribution is 8.02. The molecule has 7 heteroatoms. The van der Waals surface area contributed by atoms with E-state index in [0.29, 0.717) is 15.7 Å². The van der Waals surface area contributed by atoms with Crippen molar-refractivity contribution >= 4 is 51.3 Å². The molecule has 0 fully saturated rings. The summed E-state index contributed by atoms with van der Waals surface area (Å²) >= 11 is 8.72. The van der Waals surface area contributed by atoms with Gasteiger partial charge in [0.1, 0.15) is 0 Å². The smallest absolute Gasteiger partial charge is 0.210 e. The lowest BCUT2D eigenvalue weighted by atomic mass is 10.1. The highest BCUT2D eigenvalue weighted by Gasteiger charge is 2.18. The van der Waals surface area contributed by atoms with Crippen LogP contribution < -0.4 is 5.32 Å². The van der Waals surface area contributed by atoms with Gasteiger partial charge in [-0.1, -0.05) is 53.8 Å². The number of carbonyl (C=O) groups excluding carboxylic acids is 1. The maximum atomic E-state index is 12.5. The molecule has 0 unspecified atom stereocenters. The van der Waals surface area contributed by atoms with E-state index in [9.17, 15) is 4.79 Å². The number of halogens is 1. The van der Waals surface area contributed by atoms with Crippen LogP contribution in [-0.2, 0) is 6.42 Å². The van der Waals surface area contributed by atoms with Gasteiger partial charge in [-0.05, 0) is 55.3 Å². The fraction of sp³-hybridized carbons (Fsp3) is 0.211. The van der Waals surface area contributed by atoms with E-state index in [1.807, 2.05) is 19.1 Å². The Labute approximate surface area is 166 Å². The van der Waals surface area contributed by atoms with Crippen LogP contribution in [0, 0.1) is 0 Å². The van der Waals surface area contributed by atoms with Crippen LogP contribution in [0.2, 0.25) is 5.02 Å².